The lowest BCUT2D eigenvalue weighted by Crippen LogP contribution is -2.61. The van der Waals surface area contributed by atoms with Gasteiger partial charge in [0.05, 0.1) is 0 Å². The normalized spacial score (nSPS) is 50.3. The quantitative estimate of drug-likeness (QED) is 0.580. The van der Waals surface area contributed by atoms with Crippen molar-refractivity contribution in [2.24, 2.45) is 45.8 Å². The van der Waals surface area contributed by atoms with E-state index in [1.807, 2.05) is 6.92 Å². The van der Waals surface area contributed by atoms with Crippen molar-refractivity contribution in [3.63, 3.8) is 0 Å². The molecule has 0 heterocycles. The Bertz CT molecular complexity index is 758. The average molecular weight is 417 g/mol. The second-order valence-electron chi connectivity index (χ2n) is 11.7. The number of hydrogen-bond acceptors (Lipinski definition) is 4. The van der Waals surface area contributed by atoms with E-state index in [9.17, 15) is 14.4 Å². The molecule has 0 aromatic rings. The highest BCUT2D eigenvalue weighted by Crippen LogP contribution is 2.72. The third kappa shape index (κ3) is 2.80. The maximum Gasteiger partial charge on any atom is 0.302 e. The lowest BCUT2D eigenvalue weighted by molar-refractivity contribution is -0.200. The van der Waals surface area contributed by atoms with Gasteiger partial charge in [-0.05, 0) is 66.6 Å². The van der Waals surface area contributed by atoms with Crippen LogP contribution in [0.4, 0.5) is 0 Å². The molecule has 4 nitrogen and oxygen atoms in total. The molecule has 0 aromatic carbocycles. The zero-order chi connectivity index (χ0) is 22.1. The van der Waals surface area contributed by atoms with Crippen LogP contribution in [0.1, 0.15) is 92.9 Å². The molecule has 4 aliphatic rings. The maximum atomic E-state index is 13.3. The van der Waals surface area contributed by atoms with Crippen LogP contribution in [0.15, 0.2) is 0 Å². The largest absolute Gasteiger partial charge is 0.462 e. The van der Waals surface area contributed by atoms with Gasteiger partial charge in [0.25, 0.3) is 0 Å². The minimum Gasteiger partial charge on any atom is -0.462 e. The standard InChI is InChI=1S/C26H40O4/c1-7-22(29)26(6)15(2)12-20-19-9-8-17-13-18(28)10-11-24(17,4)23(19)21(30-16(3)27)14-25(20,26)5/h15,17,19-21,23H,7-14H2,1-6H3/t15-,17+,19+,20+,21+,23-,24+,25+,26-/m1/s1. The first-order chi connectivity index (χ1) is 14.0. The smallest absolute Gasteiger partial charge is 0.302 e. The fraction of sp³-hybridized carbons (Fsp3) is 0.885. The number of carbonyl (C=O) groups is 3. The predicted octanol–water partition coefficient (Wildman–Crippen LogP) is 5.37. The van der Waals surface area contributed by atoms with Crippen LogP contribution in [0.2, 0.25) is 0 Å². The zero-order valence-electron chi connectivity index (χ0n) is 19.8. The third-order valence-electron chi connectivity index (χ3n) is 10.8. The molecular formula is C26H40O4. The Labute approximate surface area is 181 Å². The number of ether oxygens (including phenoxy) is 1. The predicted molar refractivity (Wildman–Crippen MR) is 116 cm³/mol. The number of hydrogen-bond donors (Lipinski definition) is 0. The van der Waals surface area contributed by atoms with E-state index in [0.29, 0.717) is 60.4 Å². The highest BCUT2D eigenvalue weighted by Gasteiger charge is 2.69. The monoisotopic (exact) mass is 416 g/mol. The highest BCUT2D eigenvalue weighted by atomic mass is 16.5. The molecule has 0 bridgehead atoms. The molecule has 168 valence electrons. The Morgan fingerprint density at radius 3 is 2.50 bits per heavy atom. The van der Waals surface area contributed by atoms with Crippen LogP contribution in [0.5, 0.6) is 0 Å². The lowest BCUT2D eigenvalue weighted by Gasteiger charge is -2.63. The summed E-state index contributed by atoms with van der Waals surface area (Å²) in [5.74, 6) is 2.56. The van der Waals surface area contributed by atoms with E-state index in [1.165, 1.54) is 6.92 Å². The van der Waals surface area contributed by atoms with Gasteiger partial charge in [-0.1, -0.05) is 34.6 Å². The summed E-state index contributed by atoms with van der Waals surface area (Å²) in [6, 6.07) is 0. The molecule has 9 atom stereocenters. The van der Waals surface area contributed by atoms with Gasteiger partial charge in [0, 0.05) is 37.5 Å². The van der Waals surface area contributed by atoms with Gasteiger partial charge in [0.2, 0.25) is 0 Å². The summed E-state index contributed by atoms with van der Waals surface area (Å²) in [5, 5.41) is 0. The molecule has 30 heavy (non-hydrogen) atoms. The summed E-state index contributed by atoms with van der Waals surface area (Å²) in [4.78, 5) is 37.7. The van der Waals surface area contributed by atoms with Gasteiger partial charge in [0.15, 0.2) is 0 Å². The first-order valence-corrected chi connectivity index (χ1v) is 12.2. The van der Waals surface area contributed by atoms with E-state index in [2.05, 4.69) is 27.7 Å². The molecule has 0 spiro atoms. The summed E-state index contributed by atoms with van der Waals surface area (Å²) in [7, 11) is 0. The summed E-state index contributed by atoms with van der Waals surface area (Å²) in [6.07, 6.45) is 6.74. The van der Waals surface area contributed by atoms with Crippen LogP contribution in [0, 0.1) is 45.8 Å². The van der Waals surface area contributed by atoms with Crippen molar-refractivity contribution in [2.75, 3.05) is 0 Å². The van der Waals surface area contributed by atoms with Crippen molar-refractivity contribution in [1.82, 2.24) is 0 Å². The molecule has 4 fully saturated rings. The van der Waals surface area contributed by atoms with Crippen LogP contribution >= 0.6 is 0 Å². The van der Waals surface area contributed by atoms with Crippen LogP contribution < -0.4 is 0 Å². The third-order valence-corrected chi connectivity index (χ3v) is 10.8. The molecule has 0 aromatic heterocycles. The second kappa shape index (κ2) is 7.17. The average Bonchev–Trinajstić information content (AvgIpc) is 2.88. The SMILES string of the molecule is CCC(=O)[C@@]1(C)[C@H](C)C[C@H]2[C@@H]3CC[C@H]4CC(=O)CC[C@]4(C)[C@H]3[C@@H](OC(C)=O)C[C@@]21C. The molecule has 4 aliphatic carbocycles. The minimum absolute atomic E-state index is 0.0509. The Morgan fingerprint density at radius 1 is 1.17 bits per heavy atom. The molecule has 0 radical (unpaired) electrons. The Kier molecular flexibility index (Phi) is 5.26. The summed E-state index contributed by atoms with van der Waals surface area (Å²) in [5.41, 5.74) is -0.459. The fourth-order valence-electron chi connectivity index (χ4n) is 8.98. The first-order valence-electron chi connectivity index (χ1n) is 12.2. The number of esters is 1. The van der Waals surface area contributed by atoms with Gasteiger partial charge in [0.1, 0.15) is 17.7 Å². The van der Waals surface area contributed by atoms with Crippen LogP contribution in [-0.4, -0.2) is 23.6 Å². The van der Waals surface area contributed by atoms with E-state index in [1.54, 1.807) is 0 Å². The molecule has 0 N–H and O–H groups in total. The minimum atomic E-state index is -0.365. The summed E-state index contributed by atoms with van der Waals surface area (Å²) in [6.45, 7) is 12.7. The van der Waals surface area contributed by atoms with Gasteiger partial charge in [-0.2, -0.15) is 0 Å². The summed E-state index contributed by atoms with van der Waals surface area (Å²) < 4.78 is 6.08. The van der Waals surface area contributed by atoms with Crippen molar-refractivity contribution in [2.45, 2.75) is 99.0 Å². The molecule has 4 heteroatoms. The number of Topliss-reactive ketones (excluding diaryl/α,β-unsaturated/α-hetero) is 2. The van der Waals surface area contributed by atoms with Crippen molar-refractivity contribution in [1.29, 1.82) is 0 Å². The Morgan fingerprint density at radius 2 is 1.87 bits per heavy atom. The fourth-order valence-corrected chi connectivity index (χ4v) is 8.98. The lowest BCUT2D eigenvalue weighted by atomic mass is 9.42. The topological polar surface area (TPSA) is 60.4 Å². The van der Waals surface area contributed by atoms with Crippen molar-refractivity contribution >= 4 is 17.5 Å². The molecule has 0 saturated heterocycles. The van der Waals surface area contributed by atoms with Crippen LogP contribution in [0.3, 0.4) is 0 Å². The van der Waals surface area contributed by atoms with Gasteiger partial charge in [-0.25, -0.2) is 0 Å². The molecule has 0 unspecified atom stereocenters. The first kappa shape index (κ1) is 22.0. The number of ketones is 2. The maximum absolute atomic E-state index is 13.3. The van der Waals surface area contributed by atoms with E-state index in [4.69, 9.17) is 4.74 Å². The number of fused-ring (bicyclic) bond motifs is 5. The van der Waals surface area contributed by atoms with Gasteiger partial charge < -0.3 is 4.74 Å². The Balaban J connectivity index is 1.79. The van der Waals surface area contributed by atoms with Gasteiger partial charge in [-0.15, -0.1) is 0 Å². The van der Waals surface area contributed by atoms with E-state index < -0.39 is 0 Å². The Hall–Kier alpha value is -1.19. The van der Waals surface area contributed by atoms with E-state index in [0.717, 1.165) is 32.1 Å². The number of carbonyl (C=O) groups excluding carboxylic acids is 3. The molecule has 0 aliphatic heterocycles. The molecule has 0 amide bonds. The van der Waals surface area contributed by atoms with Crippen molar-refractivity contribution in [3.8, 4) is 0 Å². The van der Waals surface area contributed by atoms with E-state index in [-0.39, 0.29) is 28.3 Å². The molecule has 4 rings (SSSR count). The summed E-state index contributed by atoms with van der Waals surface area (Å²) >= 11 is 0. The molecular weight excluding hydrogens is 376 g/mol. The molecule has 4 saturated carbocycles. The van der Waals surface area contributed by atoms with Gasteiger partial charge in [-0.3, -0.25) is 14.4 Å². The van der Waals surface area contributed by atoms with Crippen molar-refractivity contribution in [3.05, 3.63) is 0 Å². The highest BCUT2D eigenvalue weighted by molar-refractivity contribution is 5.86. The van der Waals surface area contributed by atoms with Gasteiger partial charge >= 0.3 is 5.97 Å². The number of rotatable bonds is 3. The second-order valence-corrected chi connectivity index (χ2v) is 11.7. The zero-order valence-corrected chi connectivity index (χ0v) is 19.8. The van der Waals surface area contributed by atoms with Crippen LogP contribution in [-0.2, 0) is 19.1 Å². The van der Waals surface area contributed by atoms with Crippen LogP contribution in [0.25, 0.3) is 0 Å². The van der Waals surface area contributed by atoms with E-state index >= 15 is 0 Å². The van der Waals surface area contributed by atoms with Crippen molar-refractivity contribution < 1.29 is 19.1 Å².